The van der Waals surface area contributed by atoms with Crippen LogP contribution in [0.3, 0.4) is 0 Å². The van der Waals surface area contributed by atoms with Gasteiger partial charge in [0.05, 0.1) is 20.6 Å². The Balaban J connectivity index is 2.70. The molecule has 0 aliphatic rings. The third-order valence-corrected chi connectivity index (χ3v) is 3.22. The molecule has 0 saturated heterocycles. The van der Waals surface area contributed by atoms with Crippen molar-refractivity contribution in [2.45, 2.75) is 32.9 Å². The van der Waals surface area contributed by atoms with Crippen molar-refractivity contribution in [2.24, 2.45) is 5.92 Å². The summed E-state index contributed by atoms with van der Waals surface area (Å²) in [5, 5.41) is 12.2. The van der Waals surface area contributed by atoms with E-state index in [0.29, 0.717) is 18.0 Å². The van der Waals surface area contributed by atoms with Crippen LogP contribution < -0.4 is 14.8 Å². The van der Waals surface area contributed by atoms with Crippen molar-refractivity contribution < 1.29 is 19.4 Å². The summed E-state index contributed by atoms with van der Waals surface area (Å²) in [6.07, 6.45) is 0.116. The summed E-state index contributed by atoms with van der Waals surface area (Å²) in [7, 11) is 3.19. The molecule has 0 aliphatic carbocycles. The van der Waals surface area contributed by atoms with E-state index in [-0.39, 0.29) is 18.4 Å². The molecule has 0 saturated carbocycles. The Morgan fingerprint density at radius 3 is 2.40 bits per heavy atom. The zero-order valence-electron chi connectivity index (χ0n) is 12.5. The van der Waals surface area contributed by atoms with Gasteiger partial charge in [-0.25, -0.2) is 0 Å². The predicted octanol–water partition coefficient (Wildman–Crippen LogP) is 2.29. The van der Waals surface area contributed by atoms with E-state index in [0.717, 1.165) is 5.56 Å². The van der Waals surface area contributed by atoms with Gasteiger partial charge in [-0.15, -0.1) is 0 Å². The summed E-state index contributed by atoms with van der Waals surface area (Å²) in [6.45, 7) is 4.61. The highest BCUT2D eigenvalue weighted by molar-refractivity contribution is 5.67. The monoisotopic (exact) mass is 281 g/mol. The Morgan fingerprint density at radius 2 is 1.90 bits per heavy atom. The molecular weight excluding hydrogens is 258 g/mol. The van der Waals surface area contributed by atoms with Crippen molar-refractivity contribution in [1.29, 1.82) is 0 Å². The Hall–Kier alpha value is -1.75. The largest absolute Gasteiger partial charge is 0.493 e. The van der Waals surface area contributed by atoms with Gasteiger partial charge in [-0.3, -0.25) is 4.79 Å². The fourth-order valence-electron chi connectivity index (χ4n) is 1.97. The van der Waals surface area contributed by atoms with Gasteiger partial charge in [0, 0.05) is 12.6 Å². The molecule has 1 atom stereocenters. The van der Waals surface area contributed by atoms with Crippen LogP contribution in [0.4, 0.5) is 0 Å². The molecule has 5 heteroatoms. The molecule has 1 rings (SSSR count). The summed E-state index contributed by atoms with van der Waals surface area (Å²) < 4.78 is 10.4. The molecule has 112 valence electrons. The van der Waals surface area contributed by atoms with Crippen LogP contribution in [-0.2, 0) is 11.3 Å². The van der Waals surface area contributed by atoms with Crippen LogP contribution in [-0.4, -0.2) is 31.3 Å². The first-order chi connectivity index (χ1) is 9.47. The minimum Gasteiger partial charge on any atom is -0.493 e. The molecule has 0 amide bonds. The number of nitrogens with one attached hydrogen (secondary N) is 1. The Labute approximate surface area is 119 Å². The molecule has 0 radical (unpaired) electrons. The maximum Gasteiger partial charge on any atom is 0.304 e. The van der Waals surface area contributed by atoms with Gasteiger partial charge in [0.2, 0.25) is 0 Å². The maximum atomic E-state index is 10.8. The summed E-state index contributed by atoms with van der Waals surface area (Å²) in [5.41, 5.74) is 1.03. The number of benzene rings is 1. The van der Waals surface area contributed by atoms with Crippen molar-refractivity contribution in [3.8, 4) is 11.5 Å². The molecule has 20 heavy (non-hydrogen) atoms. The zero-order valence-corrected chi connectivity index (χ0v) is 12.5. The first kappa shape index (κ1) is 16.3. The fourth-order valence-corrected chi connectivity index (χ4v) is 1.97. The first-order valence-electron chi connectivity index (χ1n) is 6.64. The third-order valence-electron chi connectivity index (χ3n) is 3.22. The number of methoxy groups -OCH3 is 2. The van der Waals surface area contributed by atoms with Gasteiger partial charge in [0.25, 0.3) is 0 Å². The Morgan fingerprint density at radius 1 is 1.25 bits per heavy atom. The average molecular weight is 281 g/mol. The summed E-state index contributed by atoms with van der Waals surface area (Å²) >= 11 is 0. The lowest BCUT2D eigenvalue weighted by molar-refractivity contribution is -0.137. The van der Waals surface area contributed by atoms with Crippen LogP contribution in [0.5, 0.6) is 11.5 Å². The van der Waals surface area contributed by atoms with Gasteiger partial charge < -0.3 is 19.9 Å². The second-order valence-electron chi connectivity index (χ2n) is 5.02. The molecule has 0 spiro atoms. The van der Waals surface area contributed by atoms with Crippen molar-refractivity contribution in [2.75, 3.05) is 14.2 Å². The number of hydrogen-bond acceptors (Lipinski definition) is 4. The number of aliphatic carboxylic acids is 1. The molecule has 1 aromatic carbocycles. The van der Waals surface area contributed by atoms with Gasteiger partial charge >= 0.3 is 5.97 Å². The van der Waals surface area contributed by atoms with Crippen molar-refractivity contribution in [3.05, 3.63) is 23.8 Å². The fraction of sp³-hybridized carbons (Fsp3) is 0.533. The minimum atomic E-state index is -0.788. The molecule has 0 aliphatic heterocycles. The lowest BCUT2D eigenvalue weighted by Crippen LogP contribution is -2.35. The molecule has 1 aromatic rings. The van der Waals surface area contributed by atoms with Crippen LogP contribution in [0.2, 0.25) is 0 Å². The normalized spacial score (nSPS) is 12.2. The maximum absolute atomic E-state index is 10.8. The topological polar surface area (TPSA) is 67.8 Å². The van der Waals surface area contributed by atoms with Gasteiger partial charge in [0.1, 0.15) is 0 Å². The van der Waals surface area contributed by atoms with E-state index in [1.54, 1.807) is 14.2 Å². The summed E-state index contributed by atoms with van der Waals surface area (Å²) in [6, 6.07) is 5.62. The van der Waals surface area contributed by atoms with Crippen LogP contribution in [0.1, 0.15) is 25.8 Å². The Kier molecular flexibility index (Phi) is 6.31. The highest BCUT2D eigenvalue weighted by atomic mass is 16.5. The van der Waals surface area contributed by atoms with Crippen LogP contribution in [0.25, 0.3) is 0 Å². The van der Waals surface area contributed by atoms with E-state index in [9.17, 15) is 4.79 Å². The van der Waals surface area contributed by atoms with Gasteiger partial charge in [0.15, 0.2) is 11.5 Å². The standard InChI is InChI=1S/C15H23NO4/c1-10(2)12(8-15(17)18)16-9-11-5-6-13(19-3)14(7-11)20-4/h5-7,10,12,16H,8-9H2,1-4H3,(H,17,18)/t12-/m1/s1. The number of hydrogen-bond donors (Lipinski definition) is 2. The quantitative estimate of drug-likeness (QED) is 0.765. The second kappa shape index (κ2) is 7.75. The van der Waals surface area contributed by atoms with Crippen molar-refractivity contribution in [3.63, 3.8) is 0 Å². The molecule has 0 fully saturated rings. The molecular formula is C15H23NO4. The Bertz CT molecular complexity index is 445. The molecule has 0 aromatic heterocycles. The lowest BCUT2D eigenvalue weighted by Gasteiger charge is -2.21. The number of carboxylic acids is 1. The first-order valence-corrected chi connectivity index (χ1v) is 6.64. The zero-order chi connectivity index (χ0) is 15.1. The number of rotatable bonds is 8. The number of carboxylic acid groups (broad SMARTS) is 1. The van der Waals surface area contributed by atoms with E-state index >= 15 is 0 Å². The van der Waals surface area contributed by atoms with E-state index in [1.807, 2.05) is 32.0 Å². The smallest absolute Gasteiger partial charge is 0.304 e. The highest BCUT2D eigenvalue weighted by Crippen LogP contribution is 2.27. The van der Waals surface area contributed by atoms with Crippen LogP contribution in [0, 0.1) is 5.92 Å². The number of carbonyl (C=O) groups is 1. The molecule has 5 nitrogen and oxygen atoms in total. The SMILES string of the molecule is COc1ccc(CN[C@H](CC(=O)O)C(C)C)cc1OC. The average Bonchev–Trinajstić information content (AvgIpc) is 2.42. The predicted molar refractivity (Wildman–Crippen MR) is 77.3 cm³/mol. The molecule has 0 unspecified atom stereocenters. The highest BCUT2D eigenvalue weighted by Gasteiger charge is 2.16. The van der Waals surface area contributed by atoms with Gasteiger partial charge in [-0.2, -0.15) is 0 Å². The lowest BCUT2D eigenvalue weighted by atomic mass is 10.0. The summed E-state index contributed by atoms with van der Waals surface area (Å²) in [4.78, 5) is 10.8. The van der Waals surface area contributed by atoms with Gasteiger partial charge in [-0.1, -0.05) is 19.9 Å². The molecule has 0 bridgehead atoms. The van der Waals surface area contributed by atoms with E-state index in [1.165, 1.54) is 0 Å². The van der Waals surface area contributed by atoms with E-state index < -0.39 is 5.97 Å². The van der Waals surface area contributed by atoms with Crippen molar-refractivity contribution >= 4 is 5.97 Å². The number of ether oxygens (including phenoxy) is 2. The van der Waals surface area contributed by atoms with Crippen LogP contribution >= 0.6 is 0 Å². The third kappa shape index (κ3) is 4.74. The van der Waals surface area contributed by atoms with Crippen LogP contribution in [0.15, 0.2) is 18.2 Å². The second-order valence-corrected chi connectivity index (χ2v) is 5.02. The summed E-state index contributed by atoms with van der Waals surface area (Å²) in [5.74, 6) is 0.822. The minimum absolute atomic E-state index is 0.0550. The molecule has 2 N–H and O–H groups in total. The van der Waals surface area contributed by atoms with E-state index in [4.69, 9.17) is 14.6 Å². The molecule has 0 heterocycles. The van der Waals surface area contributed by atoms with Crippen molar-refractivity contribution in [1.82, 2.24) is 5.32 Å². The van der Waals surface area contributed by atoms with E-state index in [2.05, 4.69) is 5.32 Å². The van der Waals surface area contributed by atoms with Gasteiger partial charge in [-0.05, 0) is 23.6 Å².